The Morgan fingerprint density at radius 3 is 2.47 bits per heavy atom. The second kappa shape index (κ2) is 9.41. The second-order valence-electron chi connectivity index (χ2n) is 4.36. The van der Waals surface area contributed by atoms with E-state index in [1.54, 1.807) is 0 Å². The Morgan fingerprint density at radius 2 is 2.00 bits per heavy atom. The van der Waals surface area contributed by atoms with Gasteiger partial charge in [-0.05, 0) is 39.3 Å². The van der Waals surface area contributed by atoms with Gasteiger partial charge in [-0.15, -0.1) is 0 Å². The van der Waals surface area contributed by atoms with Gasteiger partial charge in [0, 0.05) is 13.2 Å². The molecule has 0 aromatic carbocycles. The fourth-order valence-electron chi connectivity index (χ4n) is 1.70. The Labute approximate surface area is 106 Å². The molecule has 1 unspecified atom stereocenters. The minimum atomic E-state index is -0.640. The lowest BCUT2D eigenvalue weighted by Gasteiger charge is -2.23. The minimum absolute atomic E-state index is 0.640. The van der Waals surface area contributed by atoms with Gasteiger partial charge in [0.2, 0.25) is 0 Å². The van der Waals surface area contributed by atoms with Crippen LogP contribution in [0.4, 0.5) is 0 Å². The Morgan fingerprint density at radius 1 is 1.29 bits per heavy atom. The third-order valence-electron chi connectivity index (χ3n) is 3.15. The van der Waals surface area contributed by atoms with E-state index in [1.807, 2.05) is 13.8 Å². The molecule has 1 atom stereocenters. The molecule has 0 saturated carbocycles. The van der Waals surface area contributed by atoms with E-state index in [0.717, 1.165) is 45.7 Å². The number of ether oxygens (including phenoxy) is 1. The largest absolute Gasteiger partial charge is 0.380 e. The molecule has 0 radical (unpaired) electrons. The summed E-state index contributed by atoms with van der Waals surface area (Å²) in [5.74, 6) is 0. The monoisotopic (exact) mass is 241 g/mol. The van der Waals surface area contributed by atoms with Crippen LogP contribution in [0.1, 0.15) is 40.0 Å². The zero-order valence-corrected chi connectivity index (χ0v) is 11.5. The van der Waals surface area contributed by atoms with Crippen LogP contribution in [0.25, 0.3) is 0 Å². The Hall–Kier alpha value is -0.630. The van der Waals surface area contributed by atoms with Crippen molar-refractivity contribution in [2.24, 2.45) is 5.73 Å². The topological polar surface area (TPSA) is 62.3 Å². The summed E-state index contributed by atoms with van der Waals surface area (Å²) in [6, 6.07) is 2.21. The molecule has 0 aliphatic rings. The molecular weight excluding hydrogens is 214 g/mol. The van der Waals surface area contributed by atoms with Crippen LogP contribution < -0.4 is 5.73 Å². The molecule has 0 amide bonds. The molecule has 0 saturated heterocycles. The van der Waals surface area contributed by atoms with Crippen LogP contribution in [-0.2, 0) is 4.74 Å². The summed E-state index contributed by atoms with van der Waals surface area (Å²) in [4.78, 5) is 2.34. The van der Waals surface area contributed by atoms with Crippen molar-refractivity contribution in [2.75, 3.05) is 32.8 Å². The number of likely N-dealkylation sites (N-methyl/N-ethyl adjacent to an activating group) is 1. The Balaban J connectivity index is 3.80. The summed E-state index contributed by atoms with van der Waals surface area (Å²) in [5.41, 5.74) is 5.30. The van der Waals surface area contributed by atoms with E-state index in [2.05, 4.69) is 17.9 Å². The fourth-order valence-corrected chi connectivity index (χ4v) is 1.70. The summed E-state index contributed by atoms with van der Waals surface area (Å²) in [6.45, 7) is 10.6. The maximum absolute atomic E-state index is 8.97. The first-order chi connectivity index (χ1) is 8.11. The van der Waals surface area contributed by atoms with Gasteiger partial charge in [-0.3, -0.25) is 0 Å². The van der Waals surface area contributed by atoms with E-state index >= 15 is 0 Å². The number of nitrogens with zero attached hydrogens (tertiary/aromatic N) is 2. The predicted molar refractivity (Wildman–Crippen MR) is 70.7 cm³/mol. The van der Waals surface area contributed by atoms with Crippen LogP contribution in [0.2, 0.25) is 0 Å². The zero-order valence-electron chi connectivity index (χ0n) is 11.5. The molecule has 0 bridgehead atoms. The SMILES string of the molecule is CCOCCN(CC)CCCC(N)(C#N)CC. The van der Waals surface area contributed by atoms with Crippen LogP contribution in [0, 0.1) is 11.3 Å². The van der Waals surface area contributed by atoms with E-state index in [-0.39, 0.29) is 0 Å². The molecule has 100 valence electrons. The van der Waals surface area contributed by atoms with Crippen LogP contribution >= 0.6 is 0 Å². The van der Waals surface area contributed by atoms with Gasteiger partial charge in [0.25, 0.3) is 0 Å². The number of hydrogen-bond donors (Lipinski definition) is 1. The van der Waals surface area contributed by atoms with E-state index in [4.69, 9.17) is 15.7 Å². The van der Waals surface area contributed by atoms with Gasteiger partial charge in [0.05, 0.1) is 12.7 Å². The Bertz CT molecular complexity index is 227. The van der Waals surface area contributed by atoms with Crippen molar-refractivity contribution in [1.29, 1.82) is 5.26 Å². The summed E-state index contributed by atoms with van der Waals surface area (Å²) in [6.07, 6.45) is 2.46. The molecule has 4 heteroatoms. The quantitative estimate of drug-likeness (QED) is 0.592. The number of nitriles is 1. The van der Waals surface area contributed by atoms with Crippen LogP contribution in [0.15, 0.2) is 0 Å². The molecule has 0 aromatic heterocycles. The number of rotatable bonds is 10. The van der Waals surface area contributed by atoms with Gasteiger partial charge < -0.3 is 15.4 Å². The van der Waals surface area contributed by atoms with Gasteiger partial charge >= 0.3 is 0 Å². The lowest BCUT2D eigenvalue weighted by atomic mass is 9.93. The molecule has 2 N–H and O–H groups in total. The van der Waals surface area contributed by atoms with Gasteiger partial charge in [0.1, 0.15) is 5.54 Å². The molecular formula is C13H27N3O. The van der Waals surface area contributed by atoms with Crippen LogP contribution in [-0.4, -0.2) is 43.3 Å². The standard InChI is InChI=1S/C13H27N3O/c1-4-13(15,12-14)8-7-9-16(5-2)10-11-17-6-3/h4-11,15H2,1-3H3. The Kier molecular flexibility index (Phi) is 9.06. The lowest BCUT2D eigenvalue weighted by Crippen LogP contribution is -2.38. The van der Waals surface area contributed by atoms with Gasteiger partial charge in [-0.2, -0.15) is 5.26 Å². The van der Waals surface area contributed by atoms with E-state index < -0.39 is 5.54 Å². The molecule has 0 heterocycles. The average molecular weight is 241 g/mol. The molecule has 0 spiro atoms. The van der Waals surface area contributed by atoms with Crippen LogP contribution in [0.3, 0.4) is 0 Å². The van der Waals surface area contributed by atoms with E-state index in [1.165, 1.54) is 0 Å². The lowest BCUT2D eigenvalue weighted by molar-refractivity contribution is 0.114. The first-order valence-corrected chi connectivity index (χ1v) is 6.62. The van der Waals surface area contributed by atoms with Crippen LogP contribution in [0.5, 0.6) is 0 Å². The fraction of sp³-hybridized carbons (Fsp3) is 0.923. The number of hydrogen-bond acceptors (Lipinski definition) is 4. The third-order valence-corrected chi connectivity index (χ3v) is 3.15. The molecule has 4 nitrogen and oxygen atoms in total. The summed E-state index contributed by atoms with van der Waals surface area (Å²) >= 11 is 0. The molecule has 0 fully saturated rings. The first kappa shape index (κ1) is 16.4. The number of nitrogens with two attached hydrogens (primary N) is 1. The van der Waals surface area contributed by atoms with E-state index in [9.17, 15) is 0 Å². The highest BCUT2D eigenvalue weighted by Crippen LogP contribution is 2.13. The van der Waals surface area contributed by atoms with Crippen molar-refractivity contribution >= 4 is 0 Å². The summed E-state index contributed by atoms with van der Waals surface area (Å²) in [7, 11) is 0. The zero-order chi connectivity index (χ0) is 13.1. The maximum atomic E-state index is 8.97. The van der Waals surface area contributed by atoms with Crippen molar-refractivity contribution in [2.45, 2.75) is 45.6 Å². The highest BCUT2D eigenvalue weighted by molar-refractivity contribution is 5.03. The van der Waals surface area contributed by atoms with Gasteiger partial charge in [-0.25, -0.2) is 0 Å². The molecule has 0 aliphatic carbocycles. The van der Waals surface area contributed by atoms with Crippen molar-refractivity contribution < 1.29 is 4.74 Å². The third kappa shape index (κ3) is 7.32. The van der Waals surface area contributed by atoms with Gasteiger partial charge in [-0.1, -0.05) is 13.8 Å². The maximum Gasteiger partial charge on any atom is 0.104 e. The molecule has 0 aliphatic heterocycles. The minimum Gasteiger partial charge on any atom is -0.380 e. The molecule has 0 rings (SSSR count). The predicted octanol–water partition coefficient (Wildman–Crippen LogP) is 1.76. The smallest absolute Gasteiger partial charge is 0.104 e. The first-order valence-electron chi connectivity index (χ1n) is 6.62. The van der Waals surface area contributed by atoms with Gasteiger partial charge in [0.15, 0.2) is 0 Å². The highest BCUT2D eigenvalue weighted by Gasteiger charge is 2.21. The van der Waals surface area contributed by atoms with Crippen molar-refractivity contribution in [1.82, 2.24) is 4.90 Å². The van der Waals surface area contributed by atoms with Crippen molar-refractivity contribution in [3.05, 3.63) is 0 Å². The second-order valence-corrected chi connectivity index (χ2v) is 4.36. The summed E-state index contributed by atoms with van der Waals surface area (Å²) < 4.78 is 5.34. The van der Waals surface area contributed by atoms with E-state index in [0.29, 0.717) is 6.42 Å². The van der Waals surface area contributed by atoms with Crippen molar-refractivity contribution in [3.63, 3.8) is 0 Å². The summed E-state index contributed by atoms with van der Waals surface area (Å²) in [5, 5.41) is 8.97. The normalized spacial score (nSPS) is 14.6. The average Bonchev–Trinajstić information content (AvgIpc) is 2.36. The molecule has 17 heavy (non-hydrogen) atoms. The van der Waals surface area contributed by atoms with Crippen molar-refractivity contribution in [3.8, 4) is 6.07 Å². The molecule has 0 aromatic rings. The highest BCUT2D eigenvalue weighted by atomic mass is 16.5.